The van der Waals surface area contributed by atoms with Gasteiger partial charge in [-0.05, 0) is 19.9 Å². The Bertz CT molecular complexity index is 423. The lowest BCUT2D eigenvalue weighted by Crippen LogP contribution is -2.28. The van der Waals surface area contributed by atoms with Crippen LogP contribution in [0.1, 0.15) is 32.3 Å². The largest absolute Gasteiger partial charge is 0.487 e. The van der Waals surface area contributed by atoms with E-state index in [9.17, 15) is 0 Å². The predicted molar refractivity (Wildman–Crippen MR) is 55.7 cm³/mol. The molecule has 3 nitrogen and oxygen atoms in total. The van der Waals surface area contributed by atoms with Crippen molar-refractivity contribution in [3.63, 3.8) is 0 Å². The molecule has 0 aromatic heterocycles. The van der Waals surface area contributed by atoms with Crippen molar-refractivity contribution in [2.75, 3.05) is 6.79 Å². The zero-order valence-electron chi connectivity index (χ0n) is 9.16. The molecule has 80 valence electrons. The van der Waals surface area contributed by atoms with Crippen LogP contribution in [-0.2, 0) is 0 Å². The monoisotopic (exact) mass is 206 g/mol. The van der Waals surface area contributed by atoms with E-state index in [1.54, 1.807) is 0 Å². The van der Waals surface area contributed by atoms with E-state index in [0.717, 1.165) is 17.2 Å². The SMILES string of the molecule is CC1c2cc3c(cc2OC1(C)C)OCO3. The van der Waals surface area contributed by atoms with Gasteiger partial charge >= 0.3 is 0 Å². The molecular weight excluding hydrogens is 192 g/mol. The Morgan fingerprint density at radius 3 is 2.53 bits per heavy atom. The van der Waals surface area contributed by atoms with Gasteiger partial charge in [0.25, 0.3) is 0 Å². The molecular formula is C12H14O3. The lowest BCUT2D eigenvalue weighted by Gasteiger charge is -2.22. The number of hydrogen-bond acceptors (Lipinski definition) is 3. The van der Waals surface area contributed by atoms with Gasteiger partial charge in [0.1, 0.15) is 11.4 Å². The average Bonchev–Trinajstić information content (AvgIpc) is 2.68. The summed E-state index contributed by atoms with van der Waals surface area (Å²) in [5.74, 6) is 2.93. The second kappa shape index (κ2) is 2.60. The molecule has 2 aliphatic rings. The van der Waals surface area contributed by atoms with Gasteiger partial charge in [-0.3, -0.25) is 0 Å². The third kappa shape index (κ3) is 1.12. The van der Waals surface area contributed by atoms with Gasteiger partial charge in [0.15, 0.2) is 11.5 Å². The number of benzene rings is 1. The number of hydrogen-bond donors (Lipinski definition) is 0. The second-order valence-electron chi connectivity index (χ2n) is 4.67. The van der Waals surface area contributed by atoms with Gasteiger partial charge in [0, 0.05) is 17.5 Å². The Kier molecular flexibility index (Phi) is 1.54. The second-order valence-corrected chi connectivity index (χ2v) is 4.67. The zero-order chi connectivity index (χ0) is 10.6. The van der Waals surface area contributed by atoms with E-state index in [0.29, 0.717) is 12.7 Å². The fourth-order valence-corrected chi connectivity index (χ4v) is 2.11. The van der Waals surface area contributed by atoms with Crippen LogP contribution in [0.15, 0.2) is 12.1 Å². The molecule has 0 amide bonds. The van der Waals surface area contributed by atoms with Crippen LogP contribution in [0.2, 0.25) is 0 Å². The van der Waals surface area contributed by atoms with Crippen molar-refractivity contribution < 1.29 is 14.2 Å². The van der Waals surface area contributed by atoms with Crippen LogP contribution in [0.5, 0.6) is 17.2 Å². The maximum absolute atomic E-state index is 5.90. The molecule has 0 spiro atoms. The van der Waals surface area contributed by atoms with Crippen molar-refractivity contribution >= 4 is 0 Å². The summed E-state index contributed by atoms with van der Waals surface area (Å²) in [6, 6.07) is 3.97. The lowest BCUT2D eigenvalue weighted by atomic mass is 9.89. The highest BCUT2D eigenvalue weighted by atomic mass is 16.7. The highest BCUT2D eigenvalue weighted by molar-refractivity contribution is 5.55. The Morgan fingerprint density at radius 1 is 1.13 bits per heavy atom. The fourth-order valence-electron chi connectivity index (χ4n) is 2.11. The van der Waals surface area contributed by atoms with Crippen molar-refractivity contribution in [1.29, 1.82) is 0 Å². The van der Waals surface area contributed by atoms with Crippen LogP contribution < -0.4 is 14.2 Å². The van der Waals surface area contributed by atoms with E-state index in [-0.39, 0.29) is 5.60 Å². The van der Waals surface area contributed by atoms with Gasteiger partial charge in [-0.1, -0.05) is 6.92 Å². The summed E-state index contributed by atoms with van der Waals surface area (Å²) in [7, 11) is 0. The van der Waals surface area contributed by atoms with Crippen LogP contribution in [0.3, 0.4) is 0 Å². The summed E-state index contributed by atoms with van der Waals surface area (Å²) in [6.45, 7) is 6.69. The molecule has 2 aliphatic heterocycles. The molecule has 0 bridgehead atoms. The minimum absolute atomic E-state index is 0.141. The molecule has 0 saturated heterocycles. The van der Waals surface area contributed by atoms with Crippen molar-refractivity contribution in [2.24, 2.45) is 0 Å². The minimum Gasteiger partial charge on any atom is -0.487 e. The van der Waals surface area contributed by atoms with Crippen LogP contribution in [0, 0.1) is 0 Å². The predicted octanol–water partition coefficient (Wildman–Crippen LogP) is 2.69. The first-order valence-corrected chi connectivity index (χ1v) is 5.20. The highest BCUT2D eigenvalue weighted by Crippen LogP contribution is 2.49. The zero-order valence-corrected chi connectivity index (χ0v) is 9.16. The van der Waals surface area contributed by atoms with E-state index in [2.05, 4.69) is 20.8 Å². The molecule has 0 aliphatic carbocycles. The molecule has 1 aromatic rings. The maximum atomic E-state index is 5.90. The van der Waals surface area contributed by atoms with Gasteiger partial charge < -0.3 is 14.2 Å². The van der Waals surface area contributed by atoms with Gasteiger partial charge in [-0.15, -0.1) is 0 Å². The quantitative estimate of drug-likeness (QED) is 0.653. The van der Waals surface area contributed by atoms with Gasteiger partial charge in [0.05, 0.1) is 0 Å². The molecule has 15 heavy (non-hydrogen) atoms. The maximum Gasteiger partial charge on any atom is 0.231 e. The summed E-state index contributed by atoms with van der Waals surface area (Å²) >= 11 is 0. The Morgan fingerprint density at radius 2 is 1.80 bits per heavy atom. The molecule has 1 atom stereocenters. The van der Waals surface area contributed by atoms with Crippen LogP contribution in [-0.4, -0.2) is 12.4 Å². The molecule has 1 unspecified atom stereocenters. The van der Waals surface area contributed by atoms with Gasteiger partial charge in [-0.2, -0.15) is 0 Å². The van der Waals surface area contributed by atoms with Crippen LogP contribution >= 0.6 is 0 Å². The average molecular weight is 206 g/mol. The first-order valence-electron chi connectivity index (χ1n) is 5.20. The third-order valence-electron chi connectivity index (χ3n) is 3.39. The van der Waals surface area contributed by atoms with E-state index in [4.69, 9.17) is 14.2 Å². The summed E-state index contributed by atoms with van der Waals surface area (Å²) in [6.07, 6.45) is 0. The smallest absolute Gasteiger partial charge is 0.231 e. The van der Waals surface area contributed by atoms with Gasteiger partial charge in [-0.25, -0.2) is 0 Å². The van der Waals surface area contributed by atoms with E-state index in [1.165, 1.54) is 5.56 Å². The highest BCUT2D eigenvalue weighted by Gasteiger charge is 2.39. The standard InChI is InChI=1S/C12H14O3/c1-7-8-4-10-11(14-6-13-10)5-9(8)15-12(7,2)3/h4-5,7H,6H2,1-3H3. The number of rotatable bonds is 0. The number of fused-ring (bicyclic) bond motifs is 2. The van der Waals surface area contributed by atoms with Crippen LogP contribution in [0.25, 0.3) is 0 Å². The summed E-state index contributed by atoms with van der Waals surface area (Å²) in [5.41, 5.74) is 1.07. The fraction of sp³-hybridized carbons (Fsp3) is 0.500. The molecule has 0 saturated carbocycles. The van der Waals surface area contributed by atoms with E-state index in [1.807, 2.05) is 12.1 Å². The first-order chi connectivity index (χ1) is 7.08. The van der Waals surface area contributed by atoms with Crippen molar-refractivity contribution in [3.05, 3.63) is 17.7 Å². The van der Waals surface area contributed by atoms with E-state index >= 15 is 0 Å². The van der Waals surface area contributed by atoms with Crippen molar-refractivity contribution in [2.45, 2.75) is 32.3 Å². The van der Waals surface area contributed by atoms with Gasteiger partial charge in [0.2, 0.25) is 6.79 Å². The topological polar surface area (TPSA) is 27.7 Å². The van der Waals surface area contributed by atoms with Crippen LogP contribution in [0.4, 0.5) is 0 Å². The molecule has 1 aromatic carbocycles. The Balaban J connectivity index is 2.13. The third-order valence-corrected chi connectivity index (χ3v) is 3.39. The molecule has 3 heteroatoms. The Hall–Kier alpha value is -1.38. The molecule has 0 fully saturated rings. The normalized spacial score (nSPS) is 24.9. The minimum atomic E-state index is -0.141. The summed E-state index contributed by atoms with van der Waals surface area (Å²) in [5, 5.41) is 0. The molecule has 2 heterocycles. The Labute approximate surface area is 89.0 Å². The summed E-state index contributed by atoms with van der Waals surface area (Å²) in [4.78, 5) is 0. The van der Waals surface area contributed by atoms with Crippen molar-refractivity contribution in [3.8, 4) is 17.2 Å². The number of ether oxygens (including phenoxy) is 3. The molecule has 3 rings (SSSR count). The summed E-state index contributed by atoms with van der Waals surface area (Å²) < 4.78 is 16.6. The van der Waals surface area contributed by atoms with Crippen molar-refractivity contribution in [1.82, 2.24) is 0 Å². The molecule has 0 N–H and O–H groups in total. The lowest BCUT2D eigenvalue weighted by molar-refractivity contribution is 0.115. The first kappa shape index (κ1) is 8.89. The van der Waals surface area contributed by atoms with E-state index < -0.39 is 0 Å². The molecule has 0 radical (unpaired) electrons.